The van der Waals surface area contributed by atoms with Gasteiger partial charge in [0.1, 0.15) is 11.5 Å². The number of likely N-dealkylation sites (tertiary alicyclic amines) is 2. The maximum absolute atomic E-state index is 12.8. The van der Waals surface area contributed by atoms with Crippen LogP contribution in [-0.4, -0.2) is 56.1 Å². The van der Waals surface area contributed by atoms with E-state index in [0.29, 0.717) is 6.54 Å². The molecule has 1 unspecified atom stereocenters. The summed E-state index contributed by atoms with van der Waals surface area (Å²) in [6.07, 6.45) is 6.96. The van der Waals surface area contributed by atoms with Crippen molar-refractivity contribution in [1.82, 2.24) is 9.80 Å². The largest absolute Gasteiger partial charge is 0.497 e. The molecule has 0 aromatic heterocycles. The number of amides is 1. The molecule has 1 atom stereocenters. The molecule has 2 aliphatic rings. The third kappa shape index (κ3) is 4.27. The maximum Gasteiger partial charge on any atom is 0.236 e. The van der Waals surface area contributed by atoms with Gasteiger partial charge in [-0.1, -0.05) is 18.9 Å². The average molecular weight is 346 g/mol. The van der Waals surface area contributed by atoms with Gasteiger partial charge in [-0.3, -0.25) is 9.69 Å². The third-order valence-electron chi connectivity index (χ3n) is 5.46. The molecule has 0 bridgehead atoms. The van der Waals surface area contributed by atoms with Crippen molar-refractivity contribution in [3.63, 3.8) is 0 Å². The molecule has 0 aliphatic carbocycles. The fourth-order valence-electron chi connectivity index (χ4n) is 4.06. The van der Waals surface area contributed by atoms with Gasteiger partial charge in [-0.25, -0.2) is 0 Å². The van der Waals surface area contributed by atoms with Crippen LogP contribution in [0.3, 0.4) is 0 Å². The predicted octanol–water partition coefficient (Wildman–Crippen LogP) is 3.24. The second-order valence-corrected chi connectivity index (χ2v) is 7.03. The van der Waals surface area contributed by atoms with Crippen LogP contribution in [0.15, 0.2) is 18.2 Å². The first-order valence-corrected chi connectivity index (χ1v) is 9.46. The number of nitrogens with zero attached hydrogens (tertiary/aromatic N) is 2. The molecule has 2 fully saturated rings. The summed E-state index contributed by atoms with van der Waals surface area (Å²) in [4.78, 5) is 17.2. The normalized spacial score (nSPS) is 21.8. The number of hydrogen-bond acceptors (Lipinski definition) is 4. The summed E-state index contributed by atoms with van der Waals surface area (Å²) in [7, 11) is 3.36. The van der Waals surface area contributed by atoms with Gasteiger partial charge in [0.25, 0.3) is 0 Å². The highest BCUT2D eigenvalue weighted by Crippen LogP contribution is 2.38. The van der Waals surface area contributed by atoms with Crippen molar-refractivity contribution in [3.8, 4) is 11.5 Å². The van der Waals surface area contributed by atoms with Gasteiger partial charge in [-0.05, 0) is 38.3 Å². The highest BCUT2D eigenvalue weighted by Gasteiger charge is 2.31. The Bertz CT molecular complexity index is 582. The van der Waals surface area contributed by atoms with E-state index in [4.69, 9.17) is 9.47 Å². The standard InChI is InChI=1S/C20H30N2O3/c1-24-16-9-10-17(19(14-16)25-2)18-8-7-13-22(18)15-20(23)21-11-5-3-4-6-12-21/h9-10,14,18H,3-8,11-13,15H2,1-2H3. The molecular weight excluding hydrogens is 316 g/mol. The summed E-state index contributed by atoms with van der Waals surface area (Å²) in [5.74, 6) is 1.92. The highest BCUT2D eigenvalue weighted by atomic mass is 16.5. The van der Waals surface area contributed by atoms with Crippen LogP contribution in [0, 0.1) is 0 Å². The second-order valence-electron chi connectivity index (χ2n) is 7.03. The molecular formula is C20H30N2O3. The number of methoxy groups -OCH3 is 2. The van der Waals surface area contributed by atoms with Gasteiger partial charge in [0, 0.05) is 30.8 Å². The van der Waals surface area contributed by atoms with Crippen LogP contribution in [0.5, 0.6) is 11.5 Å². The summed E-state index contributed by atoms with van der Waals surface area (Å²) in [5.41, 5.74) is 1.16. The fourth-order valence-corrected chi connectivity index (χ4v) is 4.06. The quantitative estimate of drug-likeness (QED) is 0.821. The second kappa shape index (κ2) is 8.56. The van der Waals surface area contributed by atoms with E-state index in [0.717, 1.165) is 62.4 Å². The smallest absolute Gasteiger partial charge is 0.236 e. The number of ether oxygens (including phenoxy) is 2. The molecule has 2 saturated heterocycles. The monoisotopic (exact) mass is 346 g/mol. The molecule has 1 aromatic carbocycles. The first-order chi connectivity index (χ1) is 12.2. The van der Waals surface area contributed by atoms with Crippen LogP contribution in [0.25, 0.3) is 0 Å². The summed E-state index contributed by atoms with van der Waals surface area (Å²) >= 11 is 0. The molecule has 0 saturated carbocycles. The Morgan fingerprint density at radius 3 is 2.48 bits per heavy atom. The topological polar surface area (TPSA) is 42.0 Å². The number of carbonyl (C=O) groups excluding carboxylic acids is 1. The first kappa shape index (κ1) is 18.1. The van der Waals surface area contributed by atoms with Gasteiger partial charge >= 0.3 is 0 Å². The van der Waals surface area contributed by atoms with Crippen molar-refractivity contribution in [2.24, 2.45) is 0 Å². The first-order valence-electron chi connectivity index (χ1n) is 9.46. The molecule has 3 rings (SSSR count). The number of hydrogen-bond donors (Lipinski definition) is 0. The lowest BCUT2D eigenvalue weighted by molar-refractivity contribution is -0.132. The van der Waals surface area contributed by atoms with Crippen molar-refractivity contribution in [3.05, 3.63) is 23.8 Å². The van der Waals surface area contributed by atoms with Crippen LogP contribution in [0.4, 0.5) is 0 Å². The Morgan fingerprint density at radius 2 is 1.80 bits per heavy atom. The van der Waals surface area contributed by atoms with Crippen LogP contribution < -0.4 is 9.47 Å². The van der Waals surface area contributed by atoms with E-state index in [1.807, 2.05) is 12.1 Å². The third-order valence-corrected chi connectivity index (χ3v) is 5.46. The van der Waals surface area contributed by atoms with Crippen LogP contribution in [-0.2, 0) is 4.79 Å². The lowest BCUT2D eigenvalue weighted by Crippen LogP contribution is -2.40. The number of benzene rings is 1. The summed E-state index contributed by atoms with van der Waals surface area (Å²) in [6.45, 7) is 3.33. The minimum Gasteiger partial charge on any atom is -0.497 e. The lowest BCUT2D eigenvalue weighted by Gasteiger charge is -2.29. The van der Waals surface area contributed by atoms with Gasteiger partial charge in [0.2, 0.25) is 5.91 Å². The van der Waals surface area contributed by atoms with E-state index >= 15 is 0 Å². The van der Waals surface area contributed by atoms with Gasteiger partial charge in [0.05, 0.1) is 20.8 Å². The molecule has 1 aromatic rings. The fraction of sp³-hybridized carbons (Fsp3) is 0.650. The van der Waals surface area contributed by atoms with E-state index < -0.39 is 0 Å². The van der Waals surface area contributed by atoms with Crippen molar-refractivity contribution < 1.29 is 14.3 Å². The van der Waals surface area contributed by atoms with E-state index in [2.05, 4.69) is 15.9 Å². The minimum atomic E-state index is 0.247. The van der Waals surface area contributed by atoms with Crippen LogP contribution >= 0.6 is 0 Å². The average Bonchev–Trinajstić information content (AvgIpc) is 2.92. The van der Waals surface area contributed by atoms with Gasteiger partial charge in [0.15, 0.2) is 0 Å². The number of carbonyl (C=O) groups is 1. The SMILES string of the molecule is COc1ccc(C2CCCN2CC(=O)N2CCCCCC2)c(OC)c1. The van der Waals surface area contributed by atoms with E-state index in [1.165, 1.54) is 12.8 Å². The van der Waals surface area contributed by atoms with E-state index in [9.17, 15) is 4.79 Å². The van der Waals surface area contributed by atoms with Crippen molar-refractivity contribution in [2.75, 3.05) is 40.4 Å². The Hall–Kier alpha value is -1.75. The zero-order chi connectivity index (χ0) is 17.6. The molecule has 0 radical (unpaired) electrons. The zero-order valence-electron chi connectivity index (χ0n) is 15.5. The van der Waals surface area contributed by atoms with Gasteiger partial charge in [-0.2, -0.15) is 0 Å². The summed E-state index contributed by atoms with van der Waals surface area (Å²) in [6, 6.07) is 6.24. The number of rotatable bonds is 5. The zero-order valence-corrected chi connectivity index (χ0v) is 15.5. The Morgan fingerprint density at radius 1 is 1.04 bits per heavy atom. The predicted molar refractivity (Wildman–Crippen MR) is 98.1 cm³/mol. The van der Waals surface area contributed by atoms with Crippen LogP contribution in [0.2, 0.25) is 0 Å². The van der Waals surface area contributed by atoms with Gasteiger partial charge < -0.3 is 14.4 Å². The molecule has 138 valence electrons. The summed E-state index contributed by atoms with van der Waals surface area (Å²) < 4.78 is 10.9. The van der Waals surface area contributed by atoms with Gasteiger partial charge in [-0.15, -0.1) is 0 Å². The van der Waals surface area contributed by atoms with E-state index in [1.54, 1.807) is 14.2 Å². The Kier molecular flexibility index (Phi) is 6.19. The summed E-state index contributed by atoms with van der Waals surface area (Å²) in [5, 5.41) is 0. The van der Waals surface area contributed by atoms with Crippen molar-refractivity contribution in [2.45, 2.75) is 44.6 Å². The van der Waals surface area contributed by atoms with Crippen molar-refractivity contribution in [1.29, 1.82) is 0 Å². The van der Waals surface area contributed by atoms with Crippen molar-refractivity contribution >= 4 is 5.91 Å². The molecule has 25 heavy (non-hydrogen) atoms. The Balaban J connectivity index is 1.71. The molecule has 2 aliphatic heterocycles. The maximum atomic E-state index is 12.8. The van der Waals surface area contributed by atoms with E-state index in [-0.39, 0.29) is 11.9 Å². The molecule has 1 amide bonds. The Labute approximate surface area is 150 Å². The van der Waals surface area contributed by atoms with Crippen LogP contribution in [0.1, 0.15) is 50.1 Å². The molecule has 5 heteroatoms. The highest BCUT2D eigenvalue weighted by molar-refractivity contribution is 5.78. The molecule has 5 nitrogen and oxygen atoms in total. The minimum absolute atomic E-state index is 0.247. The molecule has 0 spiro atoms. The molecule has 2 heterocycles. The molecule has 0 N–H and O–H groups in total. The lowest BCUT2D eigenvalue weighted by atomic mass is 10.0.